The number of amides is 1. The molecule has 5 heteroatoms. The smallest absolute Gasteiger partial charge is 0.254 e. The topological polar surface area (TPSA) is 40.5 Å². The standard InChI is InChI=1S/C15H16ClNO2S/c1-10(2)17(9-12-4-3-7-20-12)15(19)11-5-6-14(18)13(16)8-11/h3-8,10,18H,9H2,1-2H3. The van der Waals surface area contributed by atoms with Gasteiger partial charge < -0.3 is 10.0 Å². The quantitative estimate of drug-likeness (QED) is 0.921. The van der Waals surface area contributed by atoms with Gasteiger partial charge in [0.25, 0.3) is 5.91 Å². The fraction of sp³-hybridized carbons (Fsp3) is 0.267. The molecule has 1 N–H and O–H groups in total. The van der Waals surface area contributed by atoms with Gasteiger partial charge in [0.15, 0.2) is 0 Å². The van der Waals surface area contributed by atoms with Crippen LogP contribution in [-0.2, 0) is 6.54 Å². The third kappa shape index (κ3) is 3.32. The molecule has 2 aromatic rings. The van der Waals surface area contributed by atoms with Crippen molar-refractivity contribution >= 4 is 28.8 Å². The van der Waals surface area contributed by atoms with Gasteiger partial charge >= 0.3 is 0 Å². The van der Waals surface area contributed by atoms with Crippen LogP contribution in [-0.4, -0.2) is 22.0 Å². The van der Waals surface area contributed by atoms with Gasteiger partial charge in [-0.2, -0.15) is 0 Å². The molecule has 0 fully saturated rings. The van der Waals surface area contributed by atoms with Crippen LogP contribution in [0.15, 0.2) is 35.7 Å². The Morgan fingerprint density at radius 2 is 2.15 bits per heavy atom. The molecule has 106 valence electrons. The third-order valence-corrected chi connectivity index (χ3v) is 4.15. The molecule has 0 atom stereocenters. The summed E-state index contributed by atoms with van der Waals surface area (Å²) in [5.41, 5.74) is 0.484. The summed E-state index contributed by atoms with van der Waals surface area (Å²) in [6.45, 7) is 4.54. The van der Waals surface area contributed by atoms with Gasteiger partial charge in [-0.25, -0.2) is 0 Å². The number of nitrogens with zero attached hydrogens (tertiary/aromatic N) is 1. The lowest BCUT2D eigenvalue weighted by molar-refractivity contribution is 0.0692. The number of rotatable bonds is 4. The van der Waals surface area contributed by atoms with Crippen molar-refractivity contribution in [3.05, 3.63) is 51.2 Å². The zero-order valence-electron chi connectivity index (χ0n) is 11.3. The molecule has 0 aliphatic rings. The average molecular weight is 310 g/mol. The number of carbonyl (C=O) groups is 1. The number of benzene rings is 1. The van der Waals surface area contributed by atoms with Crippen molar-refractivity contribution in [2.75, 3.05) is 0 Å². The van der Waals surface area contributed by atoms with Crippen molar-refractivity contribution < 1.29 is 9.90 Å². The highest BCUT2D eigenvalue weighted by Gasteiger charge is 2.20. The monoisotopic (exact) mass is 309 g/mol. The molecule has 0 bridgehead atoms. The predicted octanol–water partition coefficient (Wildman–Crippen LogP) is 4.16. The van der Waals surface area contributed by atoms with E-state index in [2.05, 4.69) is 0 Å². The molecule has 1 amide bonds. The van der Waals surface area contributed by atoms with Gasteiger partial charge in [0.05, 0.1) is 11.6 Å². The molecular formula is C15H16ClNO2S. The number of hydrogen-bond donors (Lipinski definition) is 1. The largest absolute Gasteiger partial charge is 0.506 e. The first-order valence-electron chi connectivity index (χ1n) is 6.31. The minimum absolute atomic E-state index is 0.0161. The molecule has 0 radical (unpaired) electrons. The maximum Gasteiger partial charge on any atom is 0.254 e. The molecule has 2 rings (SSSR count). The zero-order chi connectivity index (χ0) is 14.7. The van der Waals surface area contributed by atoms with E-state index in [9.17, 15) is 9.90 Å². The van der Waals surface area contributed by atoms with Gasteiger partial charge in [0.2, 0.25) is 0 Å². The predicted molar refractivity (Wildman–Crippen MR) is 82.4 cm³/mol. The van der Waals surface area contributed by atoms with E-state index in [-0.39, 0.29) is 22.7 Å². The van der Waals surface area contributed by atoms with Crippen LogP contribution in [0, 0.1) is 0 Å². The lowest BCUT2D eigenvalue weighted by Crippen LogP contribution is -2.36. The third-order valence-electron chi connectivity index (χ3n) is 2.99. The van der Waals surface area contributed by atoms with Crippen molar-refractivity contribution in [1.82, 2.24) is 4.90 Å². The molecule has 0 spiro atoms. The lowest BCUT2D eigenvalue weighted by atomic mass is 10.1. The molecule has 1 heterocycles. The molecule has 0 unspecified atom stereocenters. The second-order valence-corrected chi connectivity index (χ2v) is 6.21. The molecule has 3 nitrogen and oxygen atoms in total. The molecule has 1 aromatic carbocycles. The maximum atomic E-state index is 12.6. The van der Waals surface area contributed by atoms with E-state index in [1.54, 1.807) is 22.3 Å². The minimum atomic E-state index is -0.0877. The first kappa shape index (κ1) is 14.9. The average Bonchev–Trinajstić information content (AvgIpc) is 2.91. The normalized spacial score (nSPS) is 10.8. The van der Waals surface area contributed by atoms with E-state index in [1.807, 2.05) is 31.4 Å². The summed E-state index contributed by atoms with van der Waals surface area (Å²) < 4.78 is 0. The number of thiophene rings is 1. The van der Waals surface area contributed by atoms with Crippen molar-refractivity contribution in [2.24, 2.45) is 0 Å². The van der Waals surface area contributed by atoms with Crippen LogP contribution in [0.25, 0.3) is 0 Å². The lowest BCUT2D eigenvalue weighted by Gasteiger charge is -2.26. The number of halogens is 1. The van der Waals surface area contributed by atoms with E-state index < -0.39 is 0 Å². The Hall–Kier alpha value is -1.52. The van der Waals surface area contributed by atoms with E-state index in [0.29, 0.717) is 12.1 Å². The van der Waals surface area contributed by atoms with Crippen LogP contribution in [0.2, 0.25) is 5.02 Å². The molecular weight excluding hydrogens is 294 g/mol. The maximum absolute atomic E-state index is 12.6. The summed E-state index contributed by atoms with van der Waals surface area (Å²) in [5.74, 6) is -0.104. The summed E-state index contributed by atoms with van der Waals surface area (Å²) >= 11 is 7.49. The summed E-state index contributed by atoms with van der Waals surface area (Å²) in [6, 6.07) is 8.60. The number of aromatic hydroxyl groups is 1. The highest BCUT2D eigenvalue weighted by Crippen LogP contribution is 2.25. The van der Waals surface area contributed by atoms with Crippen molar-refractivity contribution in [3.63, 3.8) is 0 Å². The Kier molecular flexibility index (Phi) is 4.68. The Balaban J connectivity index is 2.24. The first-order chi connectivity index (χ1) is 9.49. The van der Waals surface area contributed by atoms with Gasteiger partial charge in [0, 0.05) is 16.5 Å². The van der Waals surface area contributed by atoms with E-state index >= 15 is 0 Å². The molecule has 0 saturated carbocycles. The Morgan fingerprint density at radius 3 is 2.70 bits per heavy atom. The van der Waals surface area contributed by atoms with Crippen LogP contribution in [0.1, 0.15) is 29.1 Å². The van der Waals surface area contributed by atoms with Crippen molar-refractivity contribution in [1.29, 1.82) is 0 Å². The highest BCUT2D eigenvalue weighted by molar-refractivity contribution is 7.09. The number of hydrogen-bond acceptors (Lipinski definition) is 3. The van der Waals surface area contributed by atoms with E-state index in [4.69, 9.17) is 11.6 Å². The Morgan fingerprint density at radius 1 is 1.40 bits per heavy atom. The van der Waals surface area contributed by atoms with Crippen LogP contribution in [0.3, 0.4) is 0 Å². The second-order valence-electron chi connectivity index (χ2n) is 4.77. The summed E-state index contributed by atoms with van der Waals surface area (Å²) in [4.78, 5) is 15.5. The van der Waals surface area contributed by atoms with Gasteiger partial charge in [-0.05, 0) is 43.5 Å². The summed E-state index contributed by atoms with van der Waals surface area (Å²) in [6.07, 6.45) is 0. The molecule has 0 saturated heterocycles. The van der Waals surface area contributed by atoms with Gasteiger partial charge in [0.1, 0.15) is 5.75 Å². The zero-order valence-corrected chi connectivity index (χ0v) is 12.9. The molecule has 20 heavy (non-hydrogen) atoms. The van der Waals surface area contributed by atoms with Crippen molar-refractivity contribution in [3.8, 4) is 5.75 Å². The molecule has 0 aliphatic carbocycles. The number of phenolic OH excluding ortho intramolecular Hbond substituents is 1. The SMILES string of the molecule is CC(C)N(Cc1cccs1)C(=O)c1ccc(O)c(Cl)c1. The molecule has 1 aromatic heterocycles. The molecule has 0 aliphatic heterocycles. The van der Waals surface area contributed by atoms with Gasteiger partial charge in [-0.3, -0.25) is 4.79 Å². The Bertz CT molecular complexity index is 596. The van der Waals surface area contributed by atoms with Crippen molar-refractivity contribution in [2.45, 2.75) is 26.4 Å². The fourth-order valence-electron chi connectivity index (χ4n) is 1.87. The van der Waals surface area contributed by atoms with Gasteiger partial charge in [-0.15, -0.1) is 11.3 Å². The first-order valence-corrected chi connectivity index (χ1v) is 7.56. The number of carbonyl (C=O) groups excluding carboxylic acids is 1. The van der Waals surface area contributed by atoms with E-state index in [1.165, 1.54) is 12.1 Å². The van der Waals surface area contributed by atoms with Crippen LogP contribution >= 0.6 is 22.9 Å². The minimum Gasteiger partial charge on any atom is -0.506 e. The van der Waals surface area contributed by atoms with Crippen LogP contribution in [0.5, 0.6) is 5.75 Å². The summed E-state index contributed by atoms with van der Waals surface area (Å²) in [5, 5.41) is 11.6. The van der Waals surface area contributed by atoms with Crippen LogP contribution in [0.4, 0.5) is 0 Å². The summed E-state index contributed by atoms with van der Waals surface area (Å²) in [7, 11) is 0. The Labute approximate surface area is 127 Å². The fourth-order valence-corrected chi connectivity index (χ4v) is 2.75. The highest BCUT2D eigenvalue weighted by atomic mass is 35.5. The van der Waals surface area contributed by atoms with Gasteiger partial charge in [-0.1, -0.05) is 17.7 Å². The van der Waals surface area contributed by atoms with E-state index in [0.717, 1.165) is 4.88 Å². The van der Waals surface area contributed by atoms with Crippen LogP contribution < -0.4 is 0 Å². The number of phenols is 1. The second kappa shape index (κ2) is 6.29.